The minimum absolute atomic E-state index is 1.09. The van der Waals surface area contributed by atoms with Crippen LogP contribution in [0, 0.1) is 0 Å². The van der Waals surface area contributed by atoms with Crippen molar-refractivity contribution >= 4 is 18.6 Å². The van der Waals surface area contributed by atoms with Gasteiger partial charge in [-0.25, -0.2) is 0 Å². The topological polar surface area (TPSA) is 20.2 Å². The van der Waals surface area contributed by atoms with Crippen LogP contribution in [-0.2, 0) is 0 Å². The van der Waals surface area contributed by atoms with Crippen LogP contribution in [-0.4, -0.2) is 23.4 Å². The Balaban J connectivity index is 3.11. The standard InChI is InChI=1S/C5H16OSi2/c1-8(2,6)5-3-4-7/h6H,3-5H2,1-2,7H3. The molecule has 3 heteroatoms. The maximum atomic E-state index is 9.30. The van der Waals surface area contributed by atoms with Crippen molar-refractivity contribution in [2.45, 2.75) is 31.6 Å². The first-order valence-electron chi connectivity index (χ1n) is 3.28. The van der Waals surface area contributed by atoms with E-state index in [2.05, 4.69) is 0 Å². The largest absolute Gasteiger partial charge is 0.432 e. The summed E-state index contributed by atoms with van der Waals surface area (Å²) in [7, 11) is -0.362. The summed E-state index contributed by atoms with van der Waals surface area (Å²) in [5.41, 5.74) is 0. The van der Waals surface area contributed by atoms with E-state index in [-0.39, 0.29) is 0 Å². The Morgan fingerprint density at radius 3 is 2.12 bits per heavy atom. The fraction of sp³-hybridized carbons (Fsp3) is 1.00. The van der Waals surface area contributed by atoms with E-state index in [9.17, 15) is 4.80 Å². The summed E-state index contributed by atoms with van der Waals surface area (Å²) in [6.07, 6.45) is 1.25. The maximum Gasteiger partial charge on any atom is 0.182 e. The molecule has 1 nitrogen and oxygen atoms in total. The lowest BCUT2D eigenvalue weighted by molar-refractivity contribution is 0.546. The van der Waals surface area contributed by atoms with Gasteiger partial charge in [-0.05, 0) is 19.1 Å². The van der Waals surface area contributed by atoms with Gasteiger partial charge in [-0.1, -0.05) is 12.5 Å². The van der Waals surface area contributed by atoms with Gasteiger partial charge in [0.15, 0.2) is 8.32 Å². The summed E-state index contributed by atoms with van der Waals surface area (Å²) in [5, 5.41) is 0. The predicted octanol–water partition coefficient (Wildman–Crippen LogP) is 0.358. The van der Waals surface area contributed by atoms with Crippen LogP contribution in [0.4, 0.5) is 0 Å². The molecule has 0 amide bonds. The highest BCUT2D eigenvalue weighted by molar-refractivity contribution is 6.69. The molecule has 0 aliphatic carbocycles. The molecule has 0 bridgehead atoms. The Bertz CT molecular complexity index is 57.9. The van der Waals surface area contributed by atoms with E-state index < -0.39 is 8.32 Å². The molecule has 0 spiro atoms. The zero-order chi connectivity index (χ0) is 6.62. The second-order valence-corrected chi connectivity index (χ2v) is 8.04. The highest BCUT2D eigenvalue weighted by Gasteiger charge is 2.14. The summed E-state index contributed by atoms with van der Waals surface area (Å²) >= 11 is 0. The minimum Gasteiger partial charge on any atom is -0.432 e. The van der Waals surface area contributed by atoms with Crippen molar-refractivity contribution in [3.8, 4) is 0 Å². The Morgan fingerprint density at radius 2 is 2.00 bits per heavy atom. The molecule has 50 valence electrons. The van der Waals surface area contributed by atoms with Gasteiger partial charge in [0, 0.05) is 10.2 Å². The van der Waals surface area contributed by atoms with E-state index in [0.29, 0.717) is 0 Å². The highest BCUT2D eigenvalue weighted by Crippen LogP contribution is 2.08. The number of rotatable bonds is 3. The van der Waals surface area contributed by atoms with Crippen molar-refractivity contribution in [2.24, 2.45) is 0 Å². The molecule has 0 aliphatic rings. The zero-order valence-electron chi connectivity index (χ0n) is 6.07. The van der Waals surface area contributed by atoms with Gasteiger partial charge in [-0.3, -0.25) is 0 Å². The molecule has 0 aromatic rings. The third kappa shape index (κ3) is 6.39. The van der Waals surface area contributed by atoms with E-state index >= 15 is 0 Å². The van der Waals surface area contributed by atoms with Crippen LogP contribution in [0.2, 0.25) is 25.2 Å². The number of hydrogen-bond acceptors (Lipinski definition) is 1. The lowest BCUT2D eigenvalue weighted by Gasteiger charge is -2.11. The van der Waals surface area contributed by atoms with Crippen LogP contribution in [0.1, 0.15) is 6.42 Å². The van der Waals surface area contributed by atoms with E-state index in [1.165, 1.54) is 22.7 Å². The summed E-state index contributed by atoms with van der Waals surface area (Å²) in [4.78, 5) is 9.30. The second kappa shape index (κ2) is 3.43. The molecule has 0 aromatic carbocycles. The molecule has 8 heavy (non-hydrogen) atoms. The lowest BCUT2D eigenvalue weighted by Crippen LogP contribution is -2.23. The molecule has 0 aliphatic heterocycles. The molecule has 0 fully saturated rings. The molecule has 0 rings (SSSR count). The molecule has 0 saturated carbocycles. The summed E-state index contributed by atoms with van der Waals surface area (Å²) in [6.45, 7) is 4.01. The van der Waals surface area contributed by atoms with Gasteiger partial charge < -0.3 is 4.80 Å². The van der Waals surface area contributed by atoms with Gasteiger partial charge in [0.1, 0.15) is 0 Å². The monoisotopic (exact) mass is 148 g/mol. The van der Waals surface area contributed by atoms with Crippen molar-refractivity contribution in [1.82, 2.24) is 0 Å². The first-order valence-corrected chi connectivity index (χ1v) is 7.85. The maximum absolute atomic E-state index is 9.30. The van der Waals surface area contributed by atoms with Gasteiger partial charge in [0.2, 0.25) is 0 Å². The lowest BCUT2D eigenvalue weighted by atomic mass is 10.6. The smallest absolute Gasteiger partial charge is 0.182 e. The van der Waals surface area contributed by atoms with Crippen LogP contribution >= 0.6 is 0 Å². The average molecular weight is 148 g/mol. The Labute approximate surface area is 55.7 Å². The molecule has 0 unspecified atom stereocenters. The average Bonchev–Trinajstić information content (AvgIpc) is 1.59. The molecule has 0 heterocycles. The molecular formula is C5H16OSi2. The SMILES string of the molecule is C[Si](C)(O)CCC[SiH3]. The van der Waals surface area contributed by atoms with E-state index in [1.54, 1.807) is 0 Å². The van der Waals surface area contributed by atoms with Crippen LogP contribution in [0.5, 0.6) is 0 Å². The fourth-order valence-electron chi connectivity index (χ4n) is 0.609. The fourth-order valence-corrected chi connectivity index (χ4v) is 2.89. The second-order valence-electron chi connectivity index (χ2n) is 2.92. The summed E-state index contributed by atoms with van der Waals surface area (Å²) in [6, 6.07) is 2.44. The van der Waals surface area contributed by atoms with Crippen LogP contribution in [0.25, 0.3) is 0 Å². The normalized spacial score (nSPS) is 12.4. The quantitative estimate of drug-likeness (QED) is 0.573. The third-order valence-electron chi connectivity index (χ3n) is 1.14. The Kier molecular flexibility index (Phi) is 3.59. The first-order chi connectivity index (χ1) is 3.56. The van der Waals surface area contributed by atoms with E-state index in [0.717, 1.165) is 6.04 Å². The van der Waals surface area contributed by atoms with Gasteiger partial charge in [-0.2, -0.15) is 0 Å². The predicted molar refractivity (Wildman–Crippen MR) is 43.9 cm³/mol. The van der Waals surface area contributed by atoms with Gasteiger partial charge in [0.05, 0.1) is 0 Å². The Hall–Kier alpha value is 0.394. The zero-order valence-corrected chi connectivity index (χ0v) is 9.07. The van der Waals surface area contributed by atoms with Crippen LogP contribution < -0.4 is 0 Å². The number of hydrogen-bond donors (Lipinski definition) is 1. The van der Waals surface area contributed by atoms with Crippen molar-refractivity contribution in [3.05, 3.63) is 0 Å². The van der Waals surface area contributed by atoms with E-state index in [1.807, 2.05) is 13.1 Å². The molecule has 0 atom stereocenters. The van der Waals surface area contributed by atoms with Crippen LogP contribution in [0.15, 0.2) is 0 Å². The molecule has 0 radical (unpaired) electrons. The first kappa shape index (κ1) is 8.39. The Morgan fingerprint density at radius 1 is 1.50 bits per heavy atom. The summed E-state index contributed by atoms with van der Waals surface area (Å²) in [5.74, 6) is 0. The van der Waals surface area contributed by atoms with Gasteiger partial charge >= 0.3 is 0 Å². The third-order valence-corrected chi connectivity index (χ3v) is 3.43. The minimum atomic E-state index is -1.66. The van der Waals surface area contributed by atoms with Crippen molar-refractivity contribution < 1.29 is 4.80 Å². The summed E-state index contributed by atoms with van der Waals surface area (Å²) < 4.78 is 0. The molecule has 1 N–H and O–H groups in total. The van der Waals surface area contributed by atoms with Crippen molar-refractivity contribution in [3.63, 3.8) is 0 Å². The van der Waals surface area contributed by atoms with E-state index in [4.69, 9.17) is 0 Å². The highest BCUT2D eigenvalue weighted by atomic mass is 28.4. The van der Waals surface area contributed by atoms with Crippen molar-refractivity contribution in [2.75, 3.05) is 0 Å². The molecule has 0 saturated heterocycles. The van der Waals surface area contributed by atoms with Gasteiger partial charge in [-0.15, -0.1) is 0 Å². The molecule has 0 aromatic heterocycles. The molecular weight excluding hydrogens is 132 g/mol. The van der Waals surface area contributed by atoms with Crippen LogP contribution in [0.3, 0.4) is 0 Å². The van der Waals surface area contributed by atoms with Gasteiger partial charge in [0.25, 0.3) is 0 Å². The van der Waals surface area contributed by atoms with Crippen molar-refractivity contribution in [1.29, 1.82) is 0 Å².